The molecule has 0 aromatic carbocycles. The number of aromatic nitrogens is 2. The maximum absolute atomic E-state index is 5.66. The van der Waals surface area contributed by atoms with Gasteiger partial charge in [0, 0.05) is 6.54 Å². The van der Waals surface area contributed by atoms with E-state index in [1.165, 1.54) is 0 Å². The highest BCUT2D eigenvalue weighted by Gasteiger charge is 2.23. The normalized spacial score (nSPS) is 13.3. The molecule has 0 radical (unpaired) electrons. The third kappa shape index (κ3) is 3.44. The van der Waals surface area contributed by atoms with Gasteiger partial charge in [0.25, 0.3) is 0 Å². The van der Waals surface area contributed by atoms with Gasteiger partial charge in [-0.3, -0.25) is 16.0 Å². The summed E-state index contributed by atoms with van der Waals surface area (Å²) < 4.78 is 7.33. The first-order valence-electron chi connectivity index (χ1n) is 6.21. The Labute approximate surface area is 109 Å². The lowest BCUT2D eigenvalue weighted by atomic mass is 10.0. The molecule has 1 atom stereocenters. The summed E-state index contributed by atoms with van der Waals surface area (Å²) in [6.45, 7) is 5.98. The molecular weight excluding hydrogens is 230 g/mol. The van der Waals surface area contributed by atoms with Gasteiger partial charge in [0.15, 0.2) is 5.75 Å². The van der Waals surface area contributed by atoms with E-state index in [4.69, 9.17) is 10.6 Å². The van der Waals surface area contributed by atoms with Crippen LogP contribution in [0.15, 0.2) is 6.20 Å². The number of ether oxygens (including phenoxy) is 1. The lowest BCUT2D eigenvalue weighted by Crippen LogP contribution is -2.34. The number of hydrogen-bond acceptors (Lipinski definition) is 5. The summed E-state index contributed by atoms with van der Waals surface area (Å²) in [6, 6.07) is 0.0320. The predicted molar refractivity (Wildman–Crippen MR) is 72.2 cm³/mol. The van der Waals surface area contributed by atoms with E-state index in [1.54, 1.807) is 13.3 Å². The summed E-state index contributed by atoms with van der Waals surface area (Å²) in [6.07, 6.45) is 1.75. The number of nitrogens with two attached hydrogens (primary N) is 1. The highest BCUT2D eigenvalue weighted by atomic mass is 16.5. The van der Waals surface area contributed by atoms with Crippen LogP contribution in [-0.4, -0.2) is 42.4 Å². The van der Waals surface area contributed by atoms with Crippen molar-refractivity contribution >= 4 is 0 Å². The largest absolute Gasteiger partial charge is 0.493 e. The van der Waals surface area contributed by atoms with Crippen LogP contribution in [0.3, 0.4) is 0 Å². The van der Waals surface area contributed by atoms with Crippen LogP contribution in [0, 0.1) is 5.92 Å². The van der Waals surface area contributed by atoms with E-state index in [0.717, 1.165) is 24.5 Å². The van der Waals surface area contributed by atoms with E-state index in [1.807, 2.05) is 18.8 Å². The zero-order valence-electron chi connectivity index (χ0n) is 12.0. The average molecular weight is 255 g/mol. The summed E-state index contributed by atoms with van der Waals surface area (Å²) in [4.78, 5) is 2.12. The number of nitrogens with one attached hydrogen (secondary N) is 1. The fraction of sp³-hybridized carbons (Fsp3) is 0.750. The van der Waals surface area contributed by atoms with Crippen molar-refractivity contribution in [3.63, 3.8) is 0 Å². The molecule has 0 aliphatic heterocycles. The topological polar surface area (TPSA) is 68.3 Å². The van der Waals surface area contributed by atoms with Gasteiger partial charge in [-0.2, -0.15) is 5.10 Å². The van der Waals surface area contributed by atoms with Crippen LogP contribution < -0.4 is 16.0 Å². The van der Waals surface area contributed by atoms with Gasteiger partial charge < -0.3 is 9.64 Å². The third-order valence-electron chi connectivity index (χ3n) is 2.96. The van der Waals surface area contributed by atoms with Crippen molar-refractivity contribution in [1.82, 2.24) is 20.1 Å². The third-order valence-corrected chi connectivity index (χ3v) is 2.96. The van der Waals surface area contributed by atoms with Crippen LogP contribution in [0.1, 0.15) is 25.6 Å². The summed E-state index contributed by atoms with van der Waals surface area (Å²) in [5.74, 6) is 6.80. The molecule has 0 aliphatic rings. The number of likely N-dealkylation sites (N-methyl/N-ethyl adjacent to an activating group) is 1. The second-order valence-corrected chi connectivity index (χ2v) is 5.01. The fourth-order valence-corrected chi connectivity index (χ4v) is 1.91. The molecule has 0 saturated carbocycles. The number of nitrogens with zero attached hydrogens (tertiary/aromatic N) is 3. The number of hydrazine groups is 1. The number of hydrogen-bond donors (Lipinski definition) is 2. The first-order valence-corrected chi connectivity index (χ1v) is 6.21. The van der Waals surface area contributed by atoms with Gasteiger partial charge in [0.1, 0.15) is 0 Å². The van der Waals surface area contributed by atoms with E-state index in [-0.39, 0.29) is 6.04 Å². The molecule has 1 rings (SSSR count). The van der Waals surface area contributed by atoms with E-state index in [2.05, 4.69) is 29.3 Å². The quantitative estimate of drug-likeness (QED) is 0.552. The SMILES string of the molecule is COc1cnn(CCN(C)C)c1C(NN)C(C)C. The van der Waals surface area contributed by atoms with Crippen LogP contribution in [-0.2, 0) is 6.54 Å². The molecule has 0 aliphatic carbocycles. The van der Waals surface area contributed by atoms with Gasteiger partial charge in [-0.15, -0.1) is 0 Å². The molecule has 0 bridgehead atoms. The van der Waals surface area contributed by atoms with Gasteiger partial charge in [0.2, 0.25) is 0 Å². The number of rotatable bonds is 7. The lowest BCUT2D eigenvalue weighted by Gasteiger charge is -2.22. The molecule has 1 aromatic rings. The van der Waals surface area contributed by atoms with E-state index < -0.39 is 0 Å². The van der Waals surface area contributed by atoms with Crippen LogP contribution >= 0.6 is 0 Å². The molecule has 0 spiro atoms. The van der Waals surface area contributed by atoms with Gasteiger partial charge in [-0.25, -0.2) is 0 Å². The lowest BCUT2D eigenvalue weighted by molar-refractivity contribution is 0.333. The highest BCUT2D eigenvalue weighted by Crippen LogP contribution is 2.29. The van der Waals surface area contributed by atoms with Crippen molar-refractivity contribution in [2.75, 3.05) is 27.7 Å². The van der Waals surface area contributed by atoms with E-state index in [0.29, 0.717) is 5.92 Å². The van der Waals surface area contributed by atoms with E-state index in [9.17, 15) is 0 Å². The summed E-state index contributed by atoms with van der Waals surface area (Å²) in [5.41, 5.74) is 3.86. The first-order chi connectivity index (χ1) is 8.51. The van der Waals surface area contributed by atoms with Crippen molar-refractivity contribution in [2.24, 2.45) is 11.8 Å². The van der Waals surface area contributed by atoms with Gasteiger partial charge in [0.05, 0.1) is 31.6 Å². The Morgan fingerprint density at radius 1 is 1.50 bits per heavy atom. The standard InChI is InChI=1S/C12H25N5O/c1-9(2)11(15-13)12-10(18-5)8-14-17(12)7-6-16(3)4/h8-9,11,15H,6-7,13H2,1-5H3. The highest BCUT2D eigenvalue weighted by molar-refractivity contribution is 5.28. The first kappa shape index (κ1) is 14.9. The van der Waals surface area contributed by atoms with E-state index >= 15 is 0 Å². The van der Waals surface area contributed by atoms with Crippen molar-refractivity contribution < 1.29 is 4.74 Å². The Morgan fingerprint density at radius 3 is 2.61 bits per heavy atom. The van der Waals surface area contributed by atoms with Crippen molar-refractivity contribution in [3.8, 4) is 5.75 Å². The molecule has 104 valence electrons. The molecule has 0 fully saturated rings. The Balaban J connectivity index is 3.00. The molecule has 1 unspecified atom stereocenters. The van der Waals surface area contributed by atoms with Crippen LogP contribution in [0.5, 0.6) is 5.75 Å². The van der Waals surface area contributed by atoms with Crippen LogP contribution in [0.4, 0.5) is 0 Å². The zero-order valence-corrected chi connectivity index (χ0v) is 12.0. The minimum absolute atomic E-state index is 0.0320. The average Bonchev–Trinajstić information content (AvgIpc) is 2.70. The maximum atomic E-state index is 5.66. The van der Waals surface area contributed by atoms with Gasteiger partial charge in [-0.1, -0.05) is 13.8 Å². The summed E-state index contributed by atoms with van der Waals surface area (Å²) in [5, 5.41) is 4.38. The molecular formula is C12H25N5O. The number of methoxy groups -OCH3 is 1. The van der Waals surface area contributed by atoms with Crippen LogP contribution in [0.25, 0.3) is 0 Å². The molecule has 0 amide bonds. The fourth-order valence-electron chi connectivity index (χ4n) is 1.91. The molecule has 0 saturated heterocycles. The maximum Gasteiger partial charge on any atom is 0.161 e. The summed E-state index contributed by atoms with van der Waals surface area (Å²) in [7, 11) is 5.74. The Morgan fingerprint density at radius 2 is 2.17 bits per heavy atom. The minimum Gasteiger partial charge on any atom is -0.493 e. The molecule has 6 nitrogen and oxygen atoms in total. The summed E-state index contributed by atoms with van der Waals surface area (Å²) >= 11 is 0. The van der Waals surface area contributed by atoms with Crippen molar-refractivity contribution in [3.05, 3.63) is 11.9 Å². The Hall–Kier alpha value is -1.11. The molecule has 1 heterocycles. The Kier molecular flexibility index (Phi) is 5.58. The molecule has 3 N–H and O–H groups in total. The second-order valence-electron chi connectivity index (χ2n) is 5.01. The Bertz CT molecular complexity index is 361. The molecule has 6 heteroatoms. The minimum atomic E-state index is 0.0320. The monoisotopic (exact) mass is 255 g/mol. The van der Waals surface area contributed by atoms with Gasteiger partial charge in [-0.05, 0) is 20.0 Å². The predicted octanol–water partition coefficient (Wildman–Crippen LogP) is 0.614. The smallest absolute Gasteiger partial charge is 0.161 e. The van der Waals surface area contributed by atoms with Gasteiger partial charge >= 0.3 is 0 Å². The zero-order chi connectivity index (χ0) is 13.7. The molecule has 18 heavy (non-hydrogen) atoms. The van der Waals surface area contributed by atoms with Crippen molar-refractivity contribution in [2.45, 2.75) is 26.4 Å². The second kappa shape index (κ2) is 6.72. The van der Waals surface area contributed by atoms with Crippen molar-refractivity contribution in [1.29, 1.82) is 0 Å². The molecule has 1 aromatic heterocycles. The van der Waals surface area contributed by atoms with Crippen LogP contribution in [0.2, 0.25) is 0 Å².